The molecule has 0 atom stereocenters. The highest BCUT2D eigenvalue weighted by Crippen LogP contribution is 2.22. The summed E-state index contributed by atoms with van der Waals surface area (Å²) in [6.07, 6.45) is 2.35. The van der Waals surface area contributed by atoms with Gasteiger partial charge in [-0.25, -0.2) is 4.79 Å². The van der Waals surface area contributed by atoms with Crippen molar-refractivity contribution in [3.63, 3.8) is 0 Å². The molecule has 0 aliphatic rings. The molecule has 1 aromatic heterocycles. The molecule has 2 aromatic rings. The maximum Gasteiger partial charge on any atom is 0.406 e. The van der Waals surface area contributed by atoms with Gasteiger partial charge in [-0.1, -0.05) is 22.0 Å². The quantitative estimate of drug-likeness (QED) is 0.915. The van der Waals surface area contributed by atoms with Crippen LogP contribution in [-0.4, -0.2) is 24.7 Å². The molecule has 0 aliphatic carbocycles. The zero-order chi connectivity index (χ0) is 12.3. The van der Waals surface area contributed by atoms with Crippen molar-refractivity contribution in [2.45, 2.75) is 6.42 Å². The first-order valence-corrected chi connectivity index (χ1v) is 6.07. The van der Waals surface area contributed by atoms with Gasteiger partial charge in [0.25, 0.3) is 0 Å². The normalized spacial score (nSPS) is 10.5. The second-order valence-corrected chi connectivity index (χ2v) is 4.59. The fourth-order valence-corrected chi connectivity index (χ4v) is 2.10. The van der Waals surface area contributed by atoms with E-state index in [1.54, 1.807) is 0 Å². The number of ether oxygens (including phenoxy) is 1. The molecule has 4 nitrogen and oxygen atoms in total. The molecule has 90 valence electrons. The smallest absolute Gasteiger partial charge is 0.406 e. The number of methoxy groups -OCH3 is 1. The summed E-state index contributed by atoms with van der Waals surface area (Å²) in [5.74, 6) is 0. The van der Waals surface area contributed by atoms with Crippen LogP contribution in [0.25, 0.3) is 10.9 Å². The number of carbonyl (C=O) groups excluding carboxylic acids is 1. The van der Waals surface area contributed by atoms with Gasteiger partial charge in [-0.15, -0.1) is 0 Å². The van der Waals surface area contributed by atoms with Crippen LogP contribution < -0.4 is 5.32 Å². The lowest BCUT2D eigenvalue weighted by Crippen LogP contribution is -2.25. The fourth-order valence-electron chi connectivity index (χ4n) is 1.74. The molecule has 1 amide bonds. The zero-order valence-electron chi connectivity index (χ0n) is 9.42. The van der Waals surface area contributed by atoms with Crippen molar-refractivity contribution in [2.24, 2.45) is 0 Å². The number of aromatic nitrogens is 1. The molecular weight excluding hydrogens is 284 g/mol. The Labute approximate surface area is 107 Å². The highest BCUT2D eigenvalue weighted by atomic mass is 79.9. The van der Waals surface area contributed by atoms with E-state index in [-0.39, 0.29) is 0 Å². The number of benzene rings is 1. The van der Waals surface area contributed by atoms with Gasteiger partial charge in [0.1, 0.15) is 0 Å². The van der Waals surface area contributed by atoms with Crippen molar-refractivity contribution < 1.29 is 9.53 Å². The molecule has 0 unspecified atom stereocenters. The highest BCUT2D eigenvalue weighted by molar-refractivity contribution is 9.10. The van der Waals surface area contributed by atoms with Crippen LogP contribution in [0.5, 0.6) is 0 Å². The summed E-state index contributed by atoms with van der Waals surface area (Å²) in [5.41, 5.74) is 2.27. The van der Waals surface area contributed by atoms with Crippen LogP contribution in [0, 0.1) is 0 Å². The van der Waals surface area contributed by atoms with E-state index in [1.165, 1.54) is 18.1 Å². The first kappa shape index (κ1) is 12.0. The molecule has 5 heteroatoms. The molecule has 2 rings (SSSR count). The van der Waals surface area contributed by atoms with Crippen LogP contribution in [0.3, 0.4) is 0 Å². The first-order chi connectivity index (χ1) is 8.20. The summed E-state index contributed by atoms with van der Waals surface area (Å²) < 4.78 is 5.56. The van der Waals surface area contributed by atoms with Crippen molar-refractivity contribution in [3.05, 3.63) is 34.4 Å². The van der Waals surface area contributed by atoms with E-state index in [0.29, 0.717) is 6.54 Å². The first-order valence-electron chi connectivity index (χ1n) is 5.28. The number of fused-ring (bicyclic) bond motifs is 1. The third-order valence-electron chi connectivity index (χ3n) is 2.58. The number of rotatable bonds is 3. The largest absolute Gasteiger partial charge is 0.453 e. The van der Waals surface area contributed by atoms with E-state index < -0.39 is 6.09 Å². The van der Waals surface area contributed by atoms with Gasteiger partial charge in [0, 0.05) is 28.1 Å². The Bertz CT molecular complexity index is 536. The van der Waals surface area contributed by atoms with E-state index in [9.17, 15) is 4.79 Å². The van der Waals surface area contributed by atoms with Gasteiger partial charge in [-0.3, -0.25) is 0 Å². The van der Waals surface area contributed by atoms with Crippen molar-refractivity contribution >= 4 is 32.9 Å². The predicted octanol–water partition coefficient (Wildman–Crippen LogP) is 2.83. The van der Waals surface area contributed by atoms with Crippen molar-refractivity contribution in [1.29, 1.82) is 0 Å². The average molecular weight is 297 g/mol. The third kappa shape index (κ3) is 2.79. The molecular formula is C12H13BrN2O2. The fraction of sp³-hybridized carbons (Fsp3) is 0.250. The van der Waals surface area contributed by atoms with Gasteiger partial charge < -0.3 is 15.0 Å². The minimum absolute atomic E-state index is 0.396. The Balaban J connectivity index is 2.06. The number of aromatic amines is 1. The number of halogens is 1. The number of nitrogens with one attached hydrogen (secondary N) is 2. The van der Waals surface area contributed by atoms with Gasteiger partial charge in [0.2, 0.25) is 0 Å². The van der Waals surface area contributed by atoms with Gasteiger partial charge in [0.05, 0.1) is 7.11 Å². The highest BCUT2D eigenvalue weighted by Gasteiger charge is 2.04. The van der Waals surface area contributed by atoms with Gasteiger partial charge in [-0.2, -0.15) is 0 Å². The molecule has 0 aliphatic heterocycles. The molecule has 17 heavy (non-hydrogen) atoms. The maximum absolute atomic E-state index is 10.9. The summed E-state index contributed by atoms with van der Waals surface area (Å²) in [6, 6.07) is 6.10. The Morgan fingerprint density at radius 1 is 1.53 bits per heavy atom. The van der Waals surface area contributed by atoms with Crippen LogP contribution in [0.15, 0.2) is 28.9 Å². The van der Waals surface area contributed by atoms with Crippen LogP contribution >= 0.6 is 15.9 Å². The Morgan fingerprint density at radius 2 is 2.35 bits per heavy atom. The molecule has 1 heterocycles. The number of hydrogen-bond acceptors (Lipinski definition) is 2. The lowest BCUT2D eigenvalue weighted by Gasteiger charge is -2.02. The Hall–Kier alpha value is -1.49. The molecule has 0 spiro atoms. The average Bonchev–Trinajstić information content (AvgIpc) is 2.71. The summed E-state index contributed by atoms with van der Waals surface area (Å²) in [7, 11) is 1.36. The number of amides is 1. The van der Waals surface area contributed by atoms with Crippen LogP contribution in [0.1, 0.15) is 5.56 Å². The number of hydrogen-bond donors (Lipinski definition) is 2. The van der Waals surface area contributed by atoms with E-state index in [0.717, 1.165) is 16.4 Å². The van der Waals surface area contributed by atoms with Crippen molar-refractivity contribution in [3.8, 4) is 0 Å². The summed E-state index contributed by atoms with van der Waals surface area (Å²) in [6.45, 7) is 0.565. The van der Waals surface area contributed by atoms with Crippen molar-refractivity contribution in [1.82, 2.24) is 10.3 Å². The molecule has 0 bridgehead atoms. The number of alkyl carbamates (subject to hydrolysis) is 1. The Morgan fingerprint density at radius 3 is 3.12 bits per heavy atom. The minimum Gasteiger partial charge on any atom is -0.453 e. The maximum atomic E-state index is 10.9. The number of H-pyrrole nitrogens is 1. The molecule has 0 saturated heterocycles. The summed E-state index contributed by atoms with van der Waals surface area (Å²) >= 11 is 3.43. The second kappa shape index (κ2) is 5.23. The topological polar surface area (TPSA) is 54.1 Å². The minimum atomic E-state index is -0.396. The third-order valence-corrected chi connectivity index (χ3v) is 3.07. The molecule has 2 N–H and O–H groups in total. The molecule has 0 radical (unpaired) electrons. The van der Waals surface area contributed by atoms with Gasteiger partial charge in [-0.05, 0) is 24.1 Å². The van der Waals surface area contributed by atoms with E-state index in [2.05, 4.69) is 37.0 Å². The molecule has 1 aromatic carbocycles. The lowest BCUT2D eigenvalue weighted by atomic mass is 10.1. The molecule has 0 fully saturated rings. The van der Waals surface area contributed by atoms with Crippen LogP contribution in [-0.2, 0) is 11.2 Å². The van der Waals surface area contributed by atoms with Gasteiger partial charge in [0.15, 0.2) is 0 Å². The van der Waals surface area contributed by atoms with Crippen LogP contribution in [0.2, 0.25) is 0 Å². The monoisotopic (exact) mass is 296 g/mol. The SMILES string of the molecule is COC(=O)NCCc1c[nH]c2cc(Br)ccc12. The number of carbonyl (C=O) groups is 1. The predicted molar refractivity (Wildman–Crippen MR) is 70.1 cm³/mol. The van der Waals surface area contributed by atoms with E-state index in [1.807, 2.05) is 18.3 Å². The van der Waals surface area contributed by atoms with Crippen LogP contribution in [0.4, 0.5) is 4.79 Å². The second-order valence-electron chi connectivity index (χ2n) is 3.67. The molecule has 0 saturated carbocycles. The van der Waals surface area contributed by atoms with Gasteiger partial charge >= 0.3 is 6.09 Å². The summed E-state index contributed by atoms with van der Waals surface area (Å²) in [4.78, 5) is 14.1. The Kier molecular flexibility index (Phi) is 3.68. The van der Waals surface area contributed by atoms with Crippen molar-refractivity contribution in [2.75, 3.05) is 13.7 Å². The van der Waals surface area contributed by atoms with E-state index >= 15 is 0 Å². The zero-order valence-corrected chi connectivity index (χ0v) is 11.0. The van der Waals surface area contributed by atoms with E-state index in [4.69, 9.17) is 0 Å². The summed E-state index contributed by atoms with van der Waals surface area (Å²) in [5, 5.41) is 3.84. The standard InChI is InChI=1S/C12H13BrN2O2/c1-17-12(16)14-5-4-8-7-15-11-6-9(13)2-3-10(8)11/h2-3,6-7,15H,4-5H2,1H3,(H,14,16). The lowest BCUT2D eigenvalue weighted by molar-refractivity contribution is 0.171.